The first-order valence-electron chi connectivity index (χ1n) is 16.2. The summed E-state index contributed by atoms with van der Waals surface area (Å²) in [5.41, 5.74) is 0.894. The molecule has 9 atom stereocenters. The predicted molar refractivity (Wildman–Crippen MR) is 153 cm³/mol. The monoisotopic (exact) mass is 608 g/mol. The zero-order valence-corrected chi connectivity index (χ0v) is 26.7. The number of halogens is 1. The van der Waals surface area contributed by atoms with E-state index in [9.17, 15) is 15.0 Å². The number of rotatable bonds is 8. The first-order chi connectivity index (χ1) is 18.2. The Bertz CT molecular complexity index is 860. The van der Waals surface area contributed by atoms with Gasteiger partial charge in [-0.25, -0.2) is 0 Å². The molecule has 0 aromatic heterocycles. The van der Waals surface area contributed by atoms with Crippen LogP contribution in [-0.2, 0) is 4.79 Å². The summed E-state index contributed by atoms with van der Waals surface area (Å²) < 4.78 is 0.866. The van der Waals surface area contributed by atoms with E-state index in [1.165, 1.54) is 44.9 Å². The Morgan fingerprint density at radius 1 is 1.05 bits per heavy atom. The summed E-state index contributed by atoms with van der Waals surface area (Å²) >= 11 is 0. The van der Waals surface area contributed by atoms with Crippen LogP contribution in [0, 0.1) is 46.3 Å². The number of aliphatic hydroxyl groups excluding tert-OH is 2. The normalized spacial score (nSPS) is 41.9. The van der Waals surface area contributed by atoms with E-state index in [0.717, 1.165) is 92.6 Å². The molecule has 4 aliphatic carbocycles. The third-order valence-corrected chi connectivity index (χ3v) is 13.3. The Kier molecular flexibility index (Phi) is 10.0. The Hall–Kier alpha value is -0.430. The van der Waals surface area contributed by atoms with Crippen molar-refractivity contribution in [2.75, 3.05) is 45.9 Å². The van der Waals surface area contributed by atoms with E-state index >= 15 is 0 Å². The van der Waals surface area contributed by atoms with Crippen LogP contribution in [0.5, 0.6) is 0 Å². The van der Waals surface area contributed by atoms with Crippen molar-refractivity contribution in [2.45, 2.75) is 97.5 Å². The summed E-state index contributed by atoms with van der Waals surface area (Å²) in [4.78, 5) is 15.3. The minimum absolute atomic E-state index is 0. The lowest BCUT2D eigenvalue weighted by molar-refractivity contribution is -0.926. The number of carbonyl (C=O) groups excluding carboxylic acids is 1. The Morgan fingerprint density at radius 2 is 1.74 bits per heavy atom. The van der Waals surface area contributed by atoms with E-state index in [-0.39, 0.29) is 29.7 Å². The molecule has 224 valence electrons. The highest BCUT2D eigenvalue weighted by Crippen LogP contribution is 2.68. The van der Waals surface area contributed by atoms with Gasteiger partial charge in [0.1, 0.15) is 6.54 Å². The van der Waals surface area contributed by atoms with E-state index in [0.29, 0.717) is 29.1 Å². The van der Waals surface area contributed by atoms with Gasteiger partial charge in [0.2, 0.25) is 5.91 Å². The zero-order valence-electron chi connectivity index (χ0n) is 25.1. The van der Waals surface area contributed by atoms with Crippen LogP contribution < -0.4 is 17.0 Å². The van der Waals surface area contributed by atoms with Crippen LogP contribution in [0.4, 0.5) is 0 Å². The second-order valence-electron chi connectivity index (χ2n) is 14.9. The third-order valence-electron chi connectivity index (χ3n) is 13.3. The largest absolute Gasteiger partial charge is 1.00 e. The SMILES string of the molecule is C=CC[N+]1(CCO)CCN(C(=O)CCC(C)[C@H]2CCC3C4CCC5C[C@H](O)CC[C@]5(C)C4CC[C@@]32C)CC1.[Br-]. The van der Waals surface area contributed by atoms with Crippen LogP contribution in [0.2, 0.25) is 0 Å². The van der Waals surface area contributed by atoms with Gasteiger partial charge in [-0.05, 0) is 117 Å². The lowest BCUT2D eigenvalue weighted by atomic mass is 9.44. The summed E-state index contributed by atoms with van der Waals surface area (Å²) in [6.45, 7) is 16.9. The average molecular weight is 610 g/mol. The molecule has 6 heteroatoms. The van der Waals surface area contributed by atoms with Crippen molar-refractivity contribution in [2.24, 2.45) is 46.3 Å². The number of quaternary nitrogens is 1. The maximum Gasteiger partial charge on any atom is 0.222 e. The molecular weight excluding hydrogens is 552 g/mol. The Labute approximate surface area is 249 Å². The van der Waals surface area contributed by atoms with Gasteiger partial charge in [-0.1, -0.05) is 27.4 Å². The molecule has 1 amide bonds. The van der Waals surface area contributed by atoms with E-state index in [1.807, 2.05) is 6.08 Å². The number of amides is 1. The standard InChI is InChI=1S/C33H57N2O3.BrH/c1-5-18-35(21-22-36)19-16-34(17-20-35)31(38)11-6-24(2)28-9-10-29-27-8-7-25-23-26(37)12-14-32(25,3)30(27)13-15-33(28,29)4;/h5,24-30,36-37H,1,6-23H2,2-4H3;1H/q+1;/p-1/t24?,25?,26-,27?,28-,29?,30?,32+,33-;/m1./s1. The number of hydrogen-bond acceptors (Lipinski definition) is 3. The van der Waals surface area contributed by atoms with Crippen molar-refractivity contribution in [3.05, 3.63) is 12.7 Å². The van der Waals surface area contributed by atoms with E-state index < -0.39 is 0 Å². The molecule has 5 unspecified atom stereocenters. The molecule has 5 nitrogen and oxygen atoms in total. The highest BCUT2D eigenvalue weighted by Gasteiger charge is 2.60. The van der Waals surface area contributed by atoms with Crippen LogP contribution in [0.3, 0.4) is 0 Å². The fourth-order valence-corrected chi connectivity index (χ4v) is 11.0. The van der Waals surface area contributed by atoms with Crippen LogP contribution in [0.1, 0.15) is 91.4 Å². The molecular formula is C33H57BrN2O3. The van der Waals surface area contributed by atoms with Gasteiger partial charge < -0.3 is 36.6 Å². The number of piperazine rings is 1. The maximum atomic E-state index is 13.2. The third kappa shape index (κ3) is 5.79. The second-order valence-corrected chi connectivity index (χ2v) is 14.9. The molecule has 4 saturated carbocycles. The summed E-state index contributed by atoms with van der Waals surface area (Å²) in [7, 11) is 0. The van der Waals surface area contributed by atoms with Gasteiger partial charge in [-0.15, -0.1) is 0 Å². The maximum absolute atomic E-state index is 13.2. The second kappa shape index (κ2) is 12.4. The molecule has 5 aliphatic rings. The first-order valence-corrected chi connectivity index (χ1v) is 16.2. The topological polar surface area (TPSA) is 60.8 Å². The molecule has 1 aliphatic heterocycles. The first kappa shape index (κ1) is 31.5. The van der Waals surface area contributed by atoms with Crippen molar-refractivity contribution < 1.29 is 36.5 Å². The number of carbonyl (C=O) groups is 1. The molecule has 0 aromatic rings. The van der Waals surface area contributed by atoms with Crippen molar-refractivity contribution in [3.8, 4) is 0 Å². The number of hydrogen-bond donors (Lipinski definition) is 2. The molecule has 5 fully saturated rings. The lowest BCUT2D eigenvalue weighted by Crippen LogP contribution is -3.00. The van der Waals surface area contributed by atoms with Crippen LogP contribution >= 0.6 is 0 Å². The van der Waals surface area contributed by atoms with Gasteiger partial charge in [-0.2, -0.15) is 0 Å². The number of fused-ring (bicyclic) bond motifs is 5. The summed E-state index contributed by atoms with van der Waals surface area (Å²) in [5.74, 6) is 5.03. The number of nitrogens with zero attached hydrogens (tertiary/aromatic N) is 2. The fraction of sp³-hybridized carbons (Fsp3) is 0.909. The van der Waals surface area contributed by atoms with Gasteiger partial charge in [0, 0.05) is 6.42 Å². The average Bonchev–Trinajstić information content (AvgIpc) is 3.25. The highest BCUT2D eigenvalue weighted by atomic mass is 79.9. The van der Waals surface area contributed by atoms with Gasteiger partial charge in [-0.3, -0.25) is 4.79 Å². The molecule has 39 heavy (non-hydrogen) atoms. The molecule has 2 N–H and O–H groups in total. The Balaban J connectivity index is 0.00000353. The van der Waals surface area contributed by atoms with Crippen LogP contribution in [0.15, 0.2) is 12.7 Å². The minimum Gasteiger partial charge on any atom is -1.00 e. The lowest BCUT2D eigenvalue weighted by Gasteiger charge is -2.61. The van der Waals surface area contributed by atoms with Crippen LogP contribution in [0.25, 0.3) is 0 Å². The van der Waals surface area contributed by atoms with E-state index in [2.05, 4.69) is 32.3 Å². The smallest absolute Gasteiger partial charge is 0.222 e. The summed E-state index contributed by atoms with van der Waals surface area (Å²) in [6, 6.07) is 0. The zero-order chi connectivity index (χ0) is 27.1. The molecule has 5 rings (SSSR count). The molecule has 0 spiro atoms. The van der Waals surface area contributed by atoms with Crippen molar-refractivity contribution in [3.63, 3.8) is 0 Å². The van der Waals surface area contributed by atoms with Gasteiger partial charge >= 0.3 is 0 Å². The van der Waals surface area contributed by atoms with E-state index in [4.69, 9.17) is 0 Å². The summed E-state index contributed by atoms with van der Waals surface area (Å²) in [5, 5.41) is 19.9. The van der Waals surface area contributed by atoms with Crippen molar-refractivity contribution in [1.82, 2.24) is 4.90 Å². The molecule has 0 aromatic carbocycles. The number of aliphatic hydroxyl groups is 2. The minimum atomic E-state index is -0.0582. The fourth-order valence-electron chi connectivity index (χ4n) is 11.0. The van der Waals surface area contributed by atoms with Gasteiger partial charge in [0.25, 0.3) is 0 Å². The van der Waals surface area contributed by atoms with Crippen molar-refractivity contribution in [1.29, 1.82) is 0 Å². The predicted octanol–water partition coefficient (Wildman–Crippen LogP) is 2.26. The van der Waals surface area contributed by atoms with Crippen LogP contribution in [-0.4, -0.2) is 77.5 Å². The van der Waals surface area contributed by atoms with E-state index in [1.54, 1.807) is 0 Å². The molecule has 0 bridgehead atoms. The molecule has 1 saturated heterocycles. The molecule has 0 radical (unpaired) electrons. The highest BCUT2D eigenvalue weighted by molar-refractivity contribution is 5.76. The Morgan fingerprint density at radius 3 is 2.44 bits per heavy atom. The van der Waals surface area contributed by atoms with Gasteiger partial charge in [0.15, 0.2) is 0 Å². The molecule has 1 heterocycles. The van der Waals surface area contributed by atoms with Gasteiger partial charge in [0.05, 0.1) is 45.4 Å². The quantitative estimate of drug-likeness (QED) is 0.328. The summed E-state index contributed by atoms with van der Waals surface area (Å²) in [6.07, 6.45) is 15.1. The van der Waals surface area contributed by atoms with Crippen molar-refractivity contribution >= 4 is 5.91 Å².